The number of nitrogens with zero attached hydrogens (tertiary/aromatic N) is 1. The molecule has 1 aliphatic heterocycles. The van der Waals surface area contributed by atoms with Gasteiger partial charge in [0.2, 0.25) is 0 Å². The molecule has 0 aliphatic carbocycles. The molecule has 0 aromatic heterocycles. The zero-order chi connectivity index (χ0) is 12.4. The van der Waals surface area contributed by atoms with Crippen LogP contribution in [-0.2, 0) is 6.54 Å². The van der Waals surface area contributed by atoms with Crippen molar-refractivity contribution in [3.63, 3.8) is 0 Å². The Morgan fingerprint density at radius 2 is 2.18 bits per heavy atom. The van der Waals surface area contributed by atoms with E-state index >= 15 is 0 Å². The van der Waals surface area contributed by atoms with Gasteiger partial charge in [0, 0.05) is 19.1 Å². The highest BCUT2D eigenvalue weighted by Crippen LogP contribution is 2.30. The molecule has 4 heteroatoms. The summed E-state index contributed by atoms with van der Waals surface area (Å²) in [5.41, 5.74) is 6.83. The fourth-order valence-electron chi connectivity index (χ4n) is 2.50. The van der Waals surface area contributed by atoms with Gasteiger partial charge in [-0.3, -0.25) is 4.90 Å². The molecule has 1 saturated heterocycles. The Hall–Kier alpha value is -0.280. The van der Waals surface area contributed by atoms with Gasteiger partial charge in [-0.05, 0) is 37.4 Å². The average Bonchev–Trinajstić information content (AvgIpc) is 2.66. The zero-order valence-electron chi connectivity index (χ0n) is 10.00. The van der Waals surface area contributed by atoms with Crippen LogP contribution in [0.5, 0.6) is 0 Å². The van der Waals surface area contributed by atoms with Crippen molar-refractivity contribution in [1.29, 1.82) is 0 Å². The van der Waals surface area contributed by atoms with Gasteiger partial charge in [0.25, 0.3) is 0 Å². The molecule has 1 aromatic carbocycles. The summed E-state index contributed by atoms with van der Waals surface area (Å²) in [5, 5.41) is 1.31. The summed E-state index contributed by atoms with van der Waals surface area (Å²) in [6.07, 6.45) is 1.18. The molecule has 2 atom stereocenters. The van der Waals surface area contributed by atoms with Crippen LogP contribution in [0.1, 0.15) is 18.9 Å². The summed E-state index contributed by atoms with van der Waals surface area (Å²) < 4.78 is 0. The molecule has 1 fully saturated rings. The third-order valence-corrected chi connectivity index (χ3v) is 4.39. The molecule has 0 bridgehead atoms. The first-order chi connectivity index (χ1) is 8.11. The second-order valence-corrected chi connectivity index (χ2v) is 5.61. The summed E-state index contributed by atoms with van der Waals surface area (Å²) in [6.45, 7) is 4.93. The summed E-state index contributed by atoms with van der Waals surface area (Å²) in [5.74, 6) is 0.614. The summed E-state index contributed by atoms with van der Waals surface area (Å²) in [7, 11) is 0. The molecule has 2 rings (SSSR count). The first-order valence-electron chi connectivity index (χ1n) is 5.98. The van der Waals surface area contributed by atoms with E-state index < -0.39 is 0 Å². The molecule has 2 N–H and O–H groups in total. The molecular weight excluding hydrogens is 255 g/mol. The van der Waals surface area contributed by atoms with Crippen molar-refractivity contribution in [2.24, 2.45) is 11.7 Å². The molecule has 0 radical (unpaired) electrons. The predicted molar refractivity (Wildman–Crippen MR) is 73.5 cm³/mol. The van der Waals surface area contributed by atoms with Crippen molar-refractivity contribution >= 4 is 23.2 Å². The van der Waals surface area contributed by atoms with Crippen LogP contribution in [0.2, 0.25) is 10.0 Å². The van der Waals surface area contributed by atoms with E-state index in [2.05, 4.69) is 11.8 Å². The van der Waals surface area contributed by atoms with Crippen LogP contribution in [0.15, 0.2) is 18.2 Å². The van der Waals surface area contributed by atoms with Crippen molar-refractivity contribution in [1.82, 2.24) is 4.90 Å². The minimum atomic E-state index is 0.568. The van der Waals surface area contributed by atoms with Gasteiger partial charge in [0.15, 0.2) is 0 Å². The van der Waals surface area contributed by atoms with E-state index in [1.165, 1.54) is 6.42 Å². The molecule has 0 saturated carbocycles. The van der Waals surface area contributed by atoms with E-state index in [9.17, 15) is 0 Å². The first-order valence-corrected chi connectivity index (χ1v) is 6.74. The molecule has 1 heterocycles. The van der Waals surface area contributed by atoms with E-state index in [1.807, 2.05) is 18.2 Å². The molecule has 0 spiro atoms. The molecule has 2 unspecified atom stereocenters. The molecule has 0 amide bonds. The molecule has 1 aromatic rings. The minimum absolute atomic E-state index is 0.568. The Morgan fingerprint density at radius 3 is 2.82 bits per heavy atom. The van der Waals surface area contributed by atoms with Crippen LogP contribution >= 0.6 is 23.2 Å². The lowest BCUT2D eigenvalue weighted by atomic mass is 10.1. The van der Waals surface area contributed by atoms with E-state index in [4.69, 9.17) is 28.9 Å². The van der Waals surface area contributed by atoms with Gasteiger partial charge in [-0.15, -0.1) is 0 Å². The van der Waals surface area contributed by atoms with Crippen LogP contribution in [-0.4, -0.2) is 24.0 Å². The molecule has 17 heavy (non-hydrogen) atoms. The number of likely N-dealkylation sites (tertiary alicyclic amines) is 1. The van der Waals surface area contributed by atoms with Crippen LogP contribution in [0, 0.1) is 5.92 Å². The SMILES string of the molecule is CC1CC(CN)CN1Cc1cccc(Cl)c1Cl. The van der Waals surface area contributed by atoms with E-state index in [-0.39, 0.29) is 0 Å². The monoisotopic (exact) mass is 272 g/mol. The number of halogens is 2. The van der Waals surface area contributed by atoms with E-state index in [0.717, 1.165) is 25.2 Å². The van der Waals surface area contributed by atoms with Crippen molar-refractivity contribution in [3.05, 3.63) is 33.8 Å². The third kappa shape index (κ3) is 2.94. The smallest absolute Gasteiger partial charge is 0.0637 e. The first kappa shape index (κ1) is 13.2. The standard InChI is InChI=1S/C13H18Cl2N2/c1-9-5-10(6-16)7-17(9)8-11-3-2-4-12(14)13(11)15/h2-4,9-10H,5-8,16H2,1H3. The van der Waals surface area contributed by atoms with Gasteiger partial charge in [-0.1, -0.05) is 35.3 Å². The van der Waals surface area contributed by atoms with Crippen LogP contribution in [0.4, 0.5) is 0 Å². The highest BCUT2D eigenvalue weighted by atomic mass is 35.5. The van der Waals surface area contributed by atoms with E-state index in [1.54, 1.807) is 0 Å². The minimum Gasteiger partial charge on any atom is -0.330 e. The topological polar surface area (TPSA) is 29.3 Å². The van der Waals surface area contributed by atoms with Crippen molar-refractivity contribution < 1.29 is 0 Å². The maximum absolute atomic E-state index is 6.21. The highest BCUT2D eigenvalue weighted by Gasteiger charge is 2.28. The number of benzene rings is 1. The zero-order valence-corrected chi connectivity index (χ0v) is 11.5. The largest absolute Gasteiger partial charge is 0.330 e. The maximum atomic E-state index is 6.21. The van der Waals surface area contributed by atoms with Gasteiger partial charge in [0.1, 0.15) is 0 Å². The van der Waals surface area contributed by atoms with Gasteiger partial charge in [-0.25, -0.2) is 0 Å². The number of rotatable bonds is 3. The molecule has 2 nitrogen and oxygen atoms in total. The fraction of sp³-hybridized carbons (Fsp3) is 0.538. The van der Waals surface area contributed by atoms with Gasteiger partial charge in [0.05, 0.1) is 10.0 Å². The molecular formula is C13H18Cl2N2. The van der Waals surface area contributed by atoms with Gasteiger partial charge < -0.3 is 5.73 Å². The normalized spacial score (nSPS) is 25.4. The van der Waals surface area contributed by atoms with Crippen molar-refractivity contribution in [3.8, 4) is 0 Å². The lowest BCUT2D eigenvalue weighted by Crippen LogP contribution is -2.27. The lowest BCUT2D eigenvalue weighted by Gasteiger charge is -2.21. The average molecular weight is 273 g/mol. The molecule has 94 valence electrons. The second-order valence-electron chi connectivity index (χ2n) is 4.83. The highest BCUT2D eigenvalue weighted by molar-refractivity contribution is 6.42. The number of hydrogen-bond donors (Lipinski definition) is 1. The van der Waals surface area contributed by atoms with E-state index in [0.29, 0.717) is 22.0 Å². The van der Waals surface area contributed by atoms with Gasteiger partial charge in [-0.2, -0.15) is 0 Å². The lowest BCUT2D eigenvalue weighted by molar-refractivity contribution is 0.256. The van der Waals surface area contributed by atoms with Crippen LogP contribution in [0.25, 0.3) is 0 Å². The predicted octanol–water partition coefficient (Wildman–Crippen LogP) is 3.16. The van der Waals surface area contributed by atoms with Crippen molar-refractivity contribution in [2.45, 2.75) is 25.9 Å². The second kappa shape index (κ2) is 5.57. The summed E-state index contributed by atoms with van der Waals surface area (Å²) in [6, 6.07) is 6.38. The quantitative estimate of drug-likeness (QED) is 0.916. The maximum Gasteiger partial charge on any atom is 0.0637 e. The number of nitrogens with two attached hydrogens (primary N) is 1. The third-order valence-electron chi connectivity index (χ3n) is 3.53. The Kier molecular flexibility index (Phi) is 4.31. The number of hydrogen-bond acceptors (Lipinski definition) is 2. The Labute approximate surface area is 113 Å². The van der Waals surface area contributed by atoms with Crippen LogP contribution < -0.4 is 5.73 Å². The van der Waals surface area contributed by atoms with Crippen molar-refractivity contribution in [2.75, 3.05) is 13.1 Å². The Morgan fingerprint density at radius 1 is 1.41 bits per heavy atom. The summed E-state index contributed by atoms with van der Waals surface area (Å²) >= 11 is 12.2. The Balaban J connectivity index is 2.08. The Bertz CT molecular complexity index is 395. The van der Waals surface area contributed by atoms with Crippen LogP contribution in [0.3, 0.4) is 0 Å². The fourth-order valence-corrected chi connectivity index (χ4v) is 2.88. The molecule has 1 aliphatic rings. The summed E-state index contributed by atoms with van der Waals surface area (Å²) in [4.78, 5) is 2.43. The van der Waals surface area contributed by atoms with Gasteiger partial charge >= 0.3 is 0 Å².